The van der Waals surface area contributed by atoms with Gasteiger partial charge in [-0.15, -0.1) is 0 Å². The van der Waals surface area contributed by atoms with E-state index in [4.69, 9.17) is 11.6 Å². The van der Waals surface area contributed by atoms with Gasteiger partial charge in [0.15, 0.2) is 0 Å². The number of rotatable bonds is 2. The zero-order chi connectivity index (χ0) is 13.9. The van der Waals surface area contributed by atoms with Crippen molar-refractivity contribution in [2.75, 3.05) is 31.1 Å². The maximum absolute atomic E-state index is 5.96. The average molecular weight is 293 g/mol. The fraction of sp³-hybridized carbons (Fsp3) is 0.647. The molecule has 1 aromatic carbocycles. The van der Waals surface area contributed by atoms with Crippen LogP contribution < -0.4 is 4.90 Å². The first-order valence-electron chi connectivity index (χ1n) is 7.97. The minimum atomic E-state index is 0.823. The van der Waals surface area contributed by atoms with Crippen molar-refractivity contribution in [1.29, 1.82) is 0 Å². The summed E-state index contributed by atoms with van der Waals surface area (Å²) in [5, 5.41) is 0.823. The van der Waals surface area contributed by atoms with E-state index in [1.165, 1.54) is 44.5 Å². The van der Waals surface area contributed by atoms with Crippen molar-refractivity contribution in [1.82, 2.24) is 4.90 Å². The van der Waals surface area contributed by atoms with Crippen molar-refractivity contribution in [2.45, 2.75) is 38.6 Å². The number of anilines is 1. The van der Waals surface area contributed by atoms with Gasteiger partial charge in [-0.25, -0.2) is 0 Å². The molecule has 1 heterocycles. The van der Waals surface area contributed by atoms with Gasteiger partial charge in [0.05, 0.1) is 0 Å². The van der Waals surface area contributed by atoms with Crippen LogP contribution in [0.3, 0.4) is 0 Å². The zero-order valence-electron chi connectivity index (χ0n) is 12.4. The Hall–Kier alpha value is -0.730. The van der Waals surface area contributed by atoms with E-state index in [0.717, 1.165) is 30.1 Å². The fourth-order valence-corrected chi connectivity index (χ4v) is 3.86. The Bertz CT molecular complexity index is 423. The van der Waals surface area contributed by atoms with Crippen LogP contribution in [0.15, 0.2) is 24.3 Å². The Labute approximate surface area is 127 Å². The highest BCUT2D eigenvalue weighted by atomic mass is 35.5. The number of piperazine rings is 1. The van der Waals surface area contributed by atoms with Crippen molar-refractivity contribution in [2.24, 2.45) is 5.92 Å². The Morgan fingerprint density at radius 3 is 2.35 bits per heavy atom. The molecule has 2 nitrogen and oxygen atoms in total. The van der Waals surface area contributed by atoms with Crippen molar-refractivity contribution < 1.29 is 0 Å². The number of nitrogens with zero attached hydrogens (tertiary/aromatic N) is 2. The van der Waals surface area contributed by atoms with E-state index in [0.29, 0.717) is 0 Å². The van der Waals surface area contributed by atoms with Gasteiger partial charge in [0.25, 0.3) is 0 Å². The second kappa shape index (κ2) is 6.36. The molecule has 2 aliphatic rings. The lowest BCUT2D eigenvalue weighted by Gasteiger charge is -2.42. The highest BCUT2D eigenvalue weighted by molar-refractivity contribution is 6.30. The van der Waals surface area contributed by atoms with Crippen LogP contribution in [0.5, 0.6) is 0 Å². The molecule has 3 heteroatoms. The summed E-state index contributed by atoms with van der Waals surface area (Å²) in [6, 6.07) is 9.10. The lowest BCUT2D eigenvalue weighted by atomic mass is 9.86. The van der Waals surface area contributed by atoms with Crippen LogP contribution in [0.2, 0.25) is 5.02 Å². The molecule has 1 aliphatic heterocycles. The largest absolute Gasteiger partial charge is 0.369 e. The van der Waals surface area contributed by atoms with Gasteiger partial charge in [-0.05, 0) is 43.0 Å². The van der Waals surface area contributed by atoms with Crippen molar-refractivity contribution in [3.8, 4) is 0 Å². The molecule has 0 radical (unpaired) electrons. The van der Waals surface area contributed by atoms with E-state index in [9.17, 15) is 0 Å². The molecule has 0 N–H and O–H groups in total. The van der Waals surface area contributed by atoms with Crippen LogP contribution >= 0.6 is 11.6 Å². The molecule has 1 aromatic rings. The number of halogens is 1. The first kappa shape index (κ1) is 14.2. The van der Waals surface area contributed by atoms with Gasteiger partial charge in [-0.2, -0.15) is 0 Å². The van der Waals surface area contributed by atoms with E-state index in [2.05, 4.69) is 28.9 Å². The van der Waals surface area contributed by atoms with E-state index in [1.54, 1.807) is 0 Å². The third kappa shape index (κ3) is 3.29. The van der Waals surface area contributed by atoms with E-state index < -0.39 is 0 Å². The second-order valence-electron chi connectivity index (χ2n) is 6.43. The second-order valence-corrected chi connectivity index (χ2v) is 6.86. The van der Waals surface area contributed by atoms with Crippen LogP contribution in [0.1, 0.15) is 32.6 Å². The Kier molecular flexibility index (Phi) is 4.52. The van der Waals surface area contributed by atoms with Crippen LogP contribution in [0.4, 0.5) is 5.69 Å². The minimum Gasteiger partial charge on any atom is -0.369 e. The molecule has 20 heavy (non-hydrogen) atoms. The van der Waals surface area contributed by atoms with Gasteiger partial charge in [0.1, 0.15) is 0 Å². The Morgan fingerprint density at radius 2 is 1.70 bits per heavy atom. The van der Waals surface area contributed by atoms with Crippen LogP contribution in [0.25, 0.3) is 0 Å². The molecule has 0 spiro atoms. The highest BCUT2D eigenvalue weighted by Crippen LogP contribution is 2.28. The number of hydrogen-bond donors (Lipinski definition) is 0. The standard InChI is InChI=1S/C17H25ClN2/c1-14-3-2-4-17(13-14)20-11-9-19(10-12-20)16-7-5-15(18)6-8-16/h5-8,14,17H,2-4,9-13H2,1H3/t14-,17+/m0/s1. The van der Waals surface area contributed by atoms with Crippen molar-refractivity contribution >= 4 is 17.3 Å². The summed E-state index contributed by atoms with van der Waals surface area (Å²) in [7, 11) is 0. The molecular formula is C17H25ClN2. The topological polar surface area (TPSA) is 6.48 Å². The minimum absolute atomic E-state index is 0.823. The summed E-state index contributed by atoms with van der Waals surface area (Å²) in [4.78, 5) is 5.21. The maximum Gasteiger partial charge on any atom is 0.0407 e. The summed E-state index contributed by atoms with van der Waals surface area (Å²) >= 11 is 5.96. The smallest absolute Gasteiger partial charge is 0.0407 e. The molecule has 1 aliphatic carbocycles. The maximum atomic E-state index is 5.96. The molecule has 2 atom stereocenters. The van der Waals surface area contributed by atoms with Crippen molar-refractivity contribution in [3.05, 3.63) is 29.3 Å². The molecule has 0 bridgehead atoms. The van der Waals surface area contributed by atoms with Gasteiger partial charge >= 0.3 is 0 Å². The fourth-order valence-electron chi connectivity index (χ4n) is 3.73. The van der Waals surface area contributed by atoms with Gasteiger partial charge in [0.2, 0.25) is 0 Å². The summed E-state index contributed by atoms with van der Waals surface area (Å²) in [6.45, 7) is 7.12. The normalized spacial score (nSPS) is 28.6. The number of hydrogen-bond acceptors (Lipinski definition) is 2. The van der Waals surface area contributed by atoms with Gasteiger partial charge in [0, 0.05) is 42.9 Å². The van der Waals surface area contributed by atoms with Crippen molar-refractivity contribution in [3.63, 3.8) is 0 Å². The Balaban J connectivity index is 1.55. The van der Waals surface area contributed by atoms with Crippen LogP contribution in [-0.2, 0) is 0 Å². The molecule has 0 unspecified atom stereocenters. The lowest BCUT2D eigenvalue weighted by molar-refractivity contribution is 0.127. The average Bonchev–Trinajstić information content (AvgIpc) is 2.48. The molecular weight excluding hydrogens is 268 g/mol. The molecule has 3 rings (SSSR count). The quantitative estimate of drug-likeness (QED) is 0.812. The monoisotopic (exact) mass is 292 g/mol. The SMILES string of the molecule is C[C@H]1CCC[C@@H](N2CCN(c3ccc(Cl)cc3)CC2)C1. The summed E-state index contributed by atoms with van der Waals surface area (Å²) in [5.74, 6) is 0.919. The third-order valence-corrected chi connectivity index (χ3v) is 5.18. The van der Waals surface area contributed by atoms with Gasteiger partial charge in [-0.1, -0.05) is 31.4 Å². The van der Waals surface area contributed by atoms with E-state index in [-0.39, 0.29) is 0 Å². The van der Waals surface area contributed by atoms with Gasteiger partial charge < -0.3 is 4.90 Å². The first-order chi connectivity index (χ1) is 9.72. The first-order valence-corrected chi connectivity index (χ1v) is 8.35. The molecule has 0 amide bonds. The summed E-state index contributed by atoms with van der Waals surface area (Å²) < 4.78 is 0. The van der Waals surface area contributed by atoms with Crippen LogP contribution in [-0.4, -0.2) is 37.1 Å². The third-order valence-electron chi connectivity index (χ3n) is 4.93. The highest BCUT2D eigenvalue weighted by Gasteiger charge is 2.27. The van der Waals surface area contributed by atoms with E-state index in [1.807, 2.05) is 12.1 Å². The van der Waals surface area contributed by atoms with E-state index >= 15 is 0 Å². The zero-order valence-corrected chi connectivity index (χ0v) is 13.1. The molecule has 2 fully saturated rings. The Morgan fingerprint density at radius 1 is 1.00 bits per heavy atom. The molecule has 0 aromatic heterocycles. The predicted octanol–water partition coefficient (Wildman–Crippen LogP) is 4.04. The number of benzene rings is 1. The lowest BCUT2D eigenvalue weighted by Crippen LogP contribution is -2.51. The molecule has 110 valence electrons. The summed E-state index contributed by atoms with van der Waals surface area (Å²) in [6.07, 6.45) is 5.66. The predicted molar refractivity (Wildman–Crippen MR) is 86.7 cm³/mol. The van der Waals surface area contributed by atoms with Gasteiger partial charge in [-0.3, -0.25) is 4.90 Å². The summed E-state index contributed by atoms with van der Waals surface area (Å²) in [5.41, 5.74) is 1.31. The molecule has 1 saturated heterocycles. The van der Waals surface area contributed by atoms with Crippen LogP contribution in [0, 0.1) is 5.92 Å². The molecule has 1 saturated carbocycles.